The Morgan fingerprint density at radius 2 is 2.12 bits per heavy atom. The van der Waals surface area contributed by atoms with Crippen molar-refractivity contribution in [2.24, 2.45) is 0 Å². The average molecular weight is 270 g/mol. The number of rotatable bonds is 3. The van der Waals surface area contributed by atoms with Gasteiger partial charge in [-0.1, -0.05) is 11.6 Å². The van der Waals surface area contributed by atoms with Crippen molar-refractivity contribution in [1.29, 1.82) is 0 Å². The number of anilines is 1. The summed E-state index contributed by atoms with van der Waals surface area (Å²) in [4.78, 5) is 8.82. The van der Waals surface area contributed by atoms with E-state index in [-0.39, 0.29) is 5.69 Å². The molecular weight excluding hydrogens is 261 g/mol. The Labute approximate surface area is 107 Å². The quantitative estimate of drug-likeness (QED) is 0.687. The monoisotopic (exact) mass is 269 g/mol. The van der Waals surface area contributed by atoms with Gasteiger partial charge in [0.25, 0.3) is 0 Å². The molecule has 1 heterocycles. The van der Waals surface area contributed by atoms with Gasteiger partial charge in [0.1, 0.15) is 11.0 Å². The summed E-state index contributed by atoms with van der Waals surface area (Å²) in [5.74, 6) is 0.199. The Morgan fingerprint density at radius 3 is 2.76 bits per heavy atom. The molecule has 2 N–H and O–H groups in total. The molecule has 0 spiro atoms. The molecule has 0 aliphatic heterocycles. The maximum absolute atomic E-state index is 13.2. The average Bonchev–Trinajstić information content (AvgIpc) is 2.33. The zero-order chi connectivity index (χ0) is 12.3. The highest BCUT2D eigenvalue weighted by Crippen LogP contribution is 2.24. The SMILES string of the molecule is Nc1ccc(SCc2cnc(Cl)cn2)cc1F. The third-order valence-corrected chi connectivity index (χ3v) is 3.25. The fourth-order valence-corrected chi connectivity index (χ4v) is 2.08. The van der Waals surface area contributed by atoms with Crippen LogP contribution in [-0.4, -0.2) is 9.97 Å². The summed E-state index contributed by atoms with van der Waals surface area (Å²) < 4.78 is 13.2. The van der Waals surface area contributed by atoms with Gasteiger partial charge >= 0.3 is 0 Å². The Bertz CT molecular complexity index is 519. The highest BCUT2D eigenvalue weighted by Gasteiger charge is 2.02. The van der Waals surface area contributed by atoms with Gasteiger partial charge in [0.15, 0.2) is 0 Å². The lowest BCUT2D eigenvalue weighted by atomic mass is 10.3. The van der Waals surface area contributed by atoms with Gasteiger partial charge in [-0.2, -0.15) is 0 Å². The maximum Gasteiger partial charge on any atom is 0.147 e. The van der Waals surface area contributed by atoms with Crippen LogP contribution >= 0.6 is 23.4 Å². The molecular formula is C11H9ClFN3S. The van der Waals surface area contributed by atoms with Crippen molar-refractivity contribution < 1.29 is 4.39 Å². The number of nitrogens with zero attached hydrogens (tertiary/aromatic N) is 2. The van der Waals surface area contributed by atoms with Crippen molar-refractivity contribution in [3.63, 3.8) is 0 Å². The lowest BCUT2D eigenvalue weighted by Gasteiger charge is -2.02. The lowest BCUT2D eigenvalue weighted by molar-refractivity contribution is 0.629. The maximum atomic E-state index is 13.2. The van der Waals surface area contributed by atoms with E-state index in [1.54, 1.807) is 18.3 Å². The second-order valence-electron chi connectivity index (χ2n) is 3.30. The van der Waals surface area contributed by atoms with Crippen LogP contribution in [0.25, 0.3) is 0 Å². The molecule has 88 valence electrons. The first-order valence-electron chi connectivity index (χ1n) is 4.79. The third kappa shape index (κ3) is 3.31. The number of benzene rings is 1. The molecule has 2 rings (SSSR count). The van der Waals surface area contributed by atoms with Crippen LogP contribution in [0, 0.1) is 5.82 Å². The summed E-state index contributed by atoms with van der Waals surface area (Å²) in [5.41, 5.74) is 6.33. The second kappa shape index (κ2) is 5.33. The van der Waals surface area contributed by atoms with Crippen molar-refractivity contribution in [2.75, 3.05) is 5.73 Å². The standard InChI is InChI=1S/C11H9ClFN3S/c12-11-5-15-7(4-16-11)6-17-8-1-2-10(14)9(13)3-8/h1-5H,6,14H2. The van der Waals surface area contributed by atoms with Gasteiger partial charge in [-0.05, 0) is 18.2 Å². The van der Waals surface area contributed by atoms with Crippen molar-refractivity contribution in [3.05, 3.63) is 47.3 Å². The summed E-state index contributed by atoms with van der Waals surface area (Å²) in [7, 11) is 0. The minimum absolute atomic E-state index is 0.153. The predicted octanol–water partition coefficient (Wildman–Crippen LogP) is 3.14. The molecule has 0 bridgehead atoms. The van der Waals surface area contributed by atoms with E-state index < -0.39 is 5.82 Å². The van der Waals surface area contributed by atoms with Crippen molar-refractivity contribution >= 4 is 29.1 Å². The number of aromatic nitrogens is 2. The van der Waals surface area contributed by atoms with Crippen LogP contribution in [0.2, 0.25) is 5.15 Å². The number of hydrogen-bond acceptors (Lipinski definition) is 4. The summed E-state index contributed by atoms with van der Waals surface area (Å²) in [5, 5.41) is 0.359. The van der Waals surface area contributed by atoms with Gasteiger partial charge in [0.2, 0.25) is 0 Å². The molecule has 2 aromatic rings. The molecule has 6 heteroatoms. The number of hydrogen-bond donors (Lipinski definition) is 1. The van der Waals surface area contributed by atoms with Crippen LogP contribution in [0.5, 0.6) is 0 Å². The van der Waals surface area contributed by atoms with E-state index in [1.807, 2.05) is 0 Å². The van der Waals surface area contributed by atoms with Gasteiger partial charge in [-0.3, -0.25) is 4.98 Å². The Balaban J connectivity index is 2.02. The fraction of sp³-hybridized carbons (Fsp3) is 0.0909. The lowest BCUT2D eigenvalue weighted by Crippen LogP contribution is -1.91. The largest absolute Gasteiger partial charge is 0.396 e. The van der Waals surface area contributed by atoms with Crippen LogP contribution in [0.3, 0.4) is 0 Å². The van der Waals surface area contributed by atoms with E-state index in [4.69, 9.17) is 17.3 Å². The molecule has 0 saturated heterocycles. The highest BCUT2D eigenvalue weighted by atomic mass is 35.5. The first kappa shape index (κ1) is 12.1. The Hall–Kier alpha value is -1.33. The van der Waals surface area contributed by atoms with Crippen molar-refractivity contribution in [2.45, 2.75) is 10.6 Å². The van der Waals surface area contributed by atoms with E-state index in [0.717, 1.165) is 10.6 Å². The third-order valence-electron chi connectivity index (χ3n) is 2.03. The van der Waals surface area contributed by atoms with E-state index >= 15 is 0 Å². The zero-order valence-corrected chi connectivity index (χ0v) is 10.3. The summed E-state index contributed by atoms with van der Waals surface area (Å²) >= 11 is 7.08. The van der Waals surface area contributed by atoms with Crippen LogP contribution < -0.4 is 5.73 Å². The number of nitrogen functional groups attached to an aromatic ring is 1. The molecule has 0 amide bonds. The van der Waals surface area contributed by atoms with Crippen LogP contribution in [0.1, 0.15) is 5.69 Å². The van der Waals surface area contributed by atoms with E-state index in [1.165, 1.54) is 24.0 Å². The molecule has 0 atom stereocenters. The van der Waals surface area contributed by atoms with E-state index in [0.29, 0.717) is 10.9 Å². The molecule has 0 aliphatic rings. The predicted molar refractivity (Wildman–Crippen MR) is 67.4 cm³/mol. The summed E-state index contributed by atoms with van der Waals surface area (Å²) in [6.07, 6.45) is 3.09. The smallest absolute Gasteiger partial charge is 0.147 e. The van der Waals surface area contributed by atoms with E-state index in [9.17, 15) is 4.39 Å². The van der Waals surface area contributed by atoms with Gasteiger partial charge in [0.05, 0.1) is 23.8 Å². The Morgan fingerprint density at radius 1 is 1.29 bits per heavy atom. The molecule has 17 heavy (non-hydrogen) atoms. The molecule has 0 saturated carbocycles. The van der Waals surface area contributed by atoms with Crippen LogP contribution in [0.15, 0.2) is 35.5 Å². The molecule has 3 nitrogen and oxygen atoms in total. The number of nitrogens with two attached hydrogens (primary N) is 1. The van der Waals surface area contributed by atoms with Crippen molar-refractivity contribution in [1.82, 2.24) is 9.97 Å². The summed E-state index contributed by atoms with van der Waals surface area (Å²) in [6.45, 7) is 0. The van der Waals surface area contributed by atoms with Gasteiger partial charge in [0, 0.05) is 10.6 Å². The molecule has 0 unspecified atom stereocenters. The Kier molecular flexibility index (Phi) is 3.81. The van der Waals surface area contributed by atoms with Gasteiger partial charge < -0.3 is 5.73 Å². The van der Waals surface area contributed by atoms with Gasteiger partial charge in [-0.25, -0.2) is 9.37 Å². The molecule has 0 radical (unpaired) electrons. The molecule has 0 aliphatic carbocycles. The number of halogens is 2. The normalized spacial score (nSPS) is 10.5. The minimum Gasteiger partial charge on any atom is -0.396 e. The van der Waals surface area contributed by atoms with Crippen LogP contribution in [0.4, 0.5) is 10.1 Å². The first-order valence-corrected chi connectivity index (χ1v) is 6.16. The fourth-order valence-electron chi connectivity index (χ4n) is 1.17. The van der Waals surface area contributed by atoms with E-state index in [2.05, 4.69) is 9.97 Å². The summed E-state index contributed by atoms with van der Waals surface area (Å²) in [6, 6.07) is 4.72. The molecule has 0 fully saturated rings. The highest BCUT2D eigenvalue weighted by molar-refractivity contribution is 7.98. The van der Waals surface area contributed by atoms with Gasteiger partial charge in [-0.15, -0.1) is 11.8 Å². The molecule has 1 aromatic carbocycles. The van der Waals surface area contributed by atoms with Crippen molar-refractivity contribution in [3.8, 4) is 0 Å². The van der Waals surface area contributed by atoms with Crippen LogP contribution in [-0.2, 0) is 5.75 Å². The zero-order valence-electron chi connectivity index (χ0n) is 8.73. The number of thioether (sulfide) groups is 1. The topological polar surface area (TPSA) is 51.8 Å². The molecule has 1 aromatic heterocycles. The second-order valence-corrected chi connectivity index (χ2v) is 4.74. The minimum atomic E-state index is -0.405. The first-order chi connectivity index (χ1) is 8.15.